The number of carbonyl (C=O) groups excluding carboxylic acids is 3. The Morgan fingerprint density at radius 3 is 2.34 bits per heavy atom. The normalized spacial score (nSPS) is 10.5. The molecule has 0 bridgehead atoms. The Balaban J connectivity index is 1.47. The number of anilines is 1. The number of ether oxygens (including phenoxy) is 2. The molecule has 0 saturated heterocycles. The summed E-state index contributed by atoms with van der Waals surface area (Å²) in [5, 5.41) is 9.09. The number of hydrogen-bond donors (Lipinski definition) is 3. The number of methoxy groups -OCH3 is 1. The maximum absolute atomic E-state index is 12.2. The molecule has 3 rings (SSSR count). The predicted molar refractivity (Wildman–Crippen MR) is 132 cm³/mol. The van der Waals surface area contributed by atoms with Crippen molar-refractivity contribution in [1.82, 2.24) is 10.7 Å². The first kappa shape index (κ1) is 25.0. The molecule has 0 aliphatic rings. The van der Waals surface area contributed by atoms with Gasteiger partial charge >= 0.3 is 11.8 Å². The predicted octanol–water partition coefficient (Wildman–Crippen LogP) is 2.79. The molecule has 35 heavy (non-hydrogen) atoms. The third-order valence-corrected chi connectivity index (χ3v) is 4.80. The van der Waals surface area contributed by atoms with Gasteiger partial charge in [0.1, 0.15) is 11.5 Å². The summed E-state index contributed by atoms with van der Waals surface area (Å²) in [5.74, 6) is -0.958. The van der Waals surface area contributed by atoms with Crippen molar-refractivity contribution < 1.29 is 23.9 Å². The smallest absolute Gasteiger partial charge is 0.329 e. The van der Waals surface area contributed by atoms with Gasteiger partial charge in [0.2, 0.25) is 0 Å². The van der Waals surface area contributed by atoms with Gasteiger partial charge in [0.15, 0.2) is 6.61 Å². The molecule has 3 aromatic rings. The number of nitrogens with one attached hydrogen (secondary N) is 3. The van der Waals surface area contributed by atoms with E-state index in [0.29, 0.717) is 22.7 Å². The maximum Gasteiger partial charge on any atom is 0.329 e. The molecule has 9 heteroatoms. The fraction of sp³-hybridized carbons (Fsp3) is 0.154. The summed E-state index contributed by atoms with van der Waals surface area (Å²) >= 11 is 0. The van der Waals surface area contributed by atoms with Gasteiger partial charge in [0.25, 0.3) is 5.91 Å². The Bertz CT molecular complexity index is 1190. The standard InChI is InChI=1S/C26H26N4O5/c1-18-7-11-21(12-8-18)29-24(31)17-35-23-6-4-3-5-20(23)16-28-30-26(33)25(32)27-15-19-9-13-22(34-2)14-10-19/h3-14,16H,15,17H2,1-2H3,(H,27,32)(H,29,31)(H,30,33)/b28-16-. The van der Waals surface area contributed by atoms with Crippen LogP contribution in [0.15, 0.2) is 77.9 Å². The van der Waals surface area contributed by atoms with Gasteiger partial charge in [0, 0.05) is 17.8 Å². The highest BCUT2D eigenvalue weighted by molar-refractivity contribution is 6.35. The molecule has 3 aromatic carbocycles. The number of hydrogen-bond acceptors (Lipinski definition) is 6. The second kappa shape index (κ2) is 12.5. The number of aryl methyl sites for hydroxylation is 1. The van der Waals surface area contributed by atoms with E-state index in [9.17, 15) is 14.4 Å². The van der Waals surface area contributed by atoms with E-state index in [-0.39, 0.29) is 19.1 Å². The fourth-order valence-corrected chi connectivity index (χ4v) is 2.91. The molecule has 0 saturated carbocycles. The monoisotopic (exact) mass is 474 g/mol. The zero-order chi connectivity index (χ0) is 25.0. The van der Waals surface area contributed by atoms with Crippen LogP contribution in [0.1, 0.15) is 16.7 Å². The Morgan fingerprint density at radius 1 is 0.914 bits per heavy atom. The van der Waals surface area contributed by atoms with E-state index < -0.39 is 11.8 Å². The van der Waals surface area contributed by atoms with Crippen molar-refractivity contribution in [3.8, 4) is 11.5 Å². The molecule has 0 aromatic heterocycles. The van der Waals surface area contributed by atoms with Crippen molar-refractivity contribution in [2.45, 2.75) is 13.5 Å². The zero-order valence-corrected chi connectivity index (χ0v) is 19.4. The van der Waals surface area contributed by atoms with Gasteiger partial charge in [0.05, 0.1) is 13.3 Å². The number of amides is 3. The van der Waals surface area contributed by atoms with Gasteiger partial charge in [-0.1, -0.05) is 42.0 Å². The lowest BCUT2D eigenvalue weighted by atomic mass is 10.2. The topological polar surface area (TPSA) is 118 Å². The quantitative estimate of drug-likeness (QED) is 0.250. The van der Waals surface area contributed by atoms with Crippen LogP contribution in [0.5, 0.6) is 11.5 Å². The summed E-state index contributed by atoms with van der Waals surface area (Å²) < 4.78 is 10.7. The molecule has 0 fully saturated rings. The number of carbonyl (C=O) groups is 3. The summed E-state index contributed by atoms with van der Waals surface area (Å²) in [5.41, 5.74) is 5.28. The minimum absolute atomic E-state index is 0.182. The highest BCUT2D eigenvalue weighted by Crippen LogP contribution is 2.16. The van der Waals surface area contributed by atoms with Gasteiger partial charge in [-0.05, 0) is 48.9 Å². The molecule has 9 nitrogen and oxygen atoms in total. The molecule has 180 valence electrons. The number of benzene rings is 3. The minimum atomic E-state index is -0.911. The molecule has 3 amide bonds. The van der Waals surface area contributed by atoms with Crippen LogP contribution in [0, 0.1) is 6.92 Å². The lowest BCUT2D eigenvalue weighted by molar-refractivity contribution is -0.139. The third-order valence-electron chi connectivity index (χ3n) is 4.80. The van der Waals surface area contributed by atoms with Gasteiger partial charge in [-0.15, -0.1) is 0 Å². The SMILES string of the molecule is COc1ccc(CNC(=O)C(=O)N/N=C\c2ccccc2OCC(=O)Nc2ccc(C)cc2)cc1. The molecule has 0 radical (unpaired) electrons. The van der Waals surface area contributed by atoms with E-state index in [1.807, 2.05) is 31.2 Å². The Labute approximate surface area is 203 Å². The summed E-state index contributed by atoms with van der Waals surface area (Å²) in [6.07, 6.45) is 1.34. The molecule has 0 heterocycles. The first-order valence-electron chi connectivity index (χ1n) is 10.8. The van der Waals surface area contributed by atoms with Crippen LogP contribution in [0.2, 0.25) is 0 Å². The van der Waals surface area contributed by atoms with Gasteiger partial charge in [-0.25, -0.2) is 5.43 Å². The summed E-state index contributed by atoms with van der Waals surface area (Å²) in [7, 11) is 1.57. The van der Waals surface area contributed by atoms with E-state index >= 15 is 0 Å². The minimum Gasteiger partial charge on any atom is -0.497 e. The van der Waals surface area contributed by atoms with E-state index in [1.54, 1.807) is 55.6 Å². The lowest BCUT2D eigenvalue weighted by Gasteiger charge is -2.10. The van der Waals surface area contributed by atoms with Crippen LogP contribution >= 0.6 is 0 Å². The molecule has 0 atom stereocenters. The van der Waals surface area contributed by atoms with E-state index in [0.717, 1.165) is 11.1 Å². The average molecular weight is 475 g/mol. The zero-order valence-electron chi connectivity index (χ0n) is 19.4. The highest BCUT2D eigenvalue weighted by atomic mass is 16.5. The molecular formula is C26H26N4O5. The van der Waals surface area contributed by atoms with E-state index in [2.05, 4.69) is 21.2 Å². The summed E-state index contributed by atoms with van der Waals surface area (Å²) in [6.45, 7) is 1.94. The Kier molecular flexibility index (Phi) is 8.95. The highest BCUT2D eigenvalue weighted by Gasteiger charge is 2.12. The Morgan fingerprint density at radius 2 is 1.63 bits per heavy atom. The van der Waals surface area contributed by atoms with Gasteiger partial charge in [-0.3, -0.25) is 14.4 Å². The lowest BCUT2D eigenvalue weighted by Crippen LogP contribution is -2.37. The van der Waals surface area contributed by atoms with E-state index in [4.69, 9.17) is 9.47 Å². The van der Waals surface area contributed by atoms with Crippen LogP contribution in [0.3, 0.4) is 0 Å². The average Bonchev–Trinajstić information content (AvgIpc) is 2.88. The fourth-order valence-electron chi connectivity index (χ4n) is 2.91. The summed E-state index contributed by atoms with van der Waals surface area (Å²) in [4.78, 5) is 36.2. The van der Waals surface area contributed by atoms with Crippen LogP contribution in [0.25, 0.3) is 0 Å². The number of nitrogens with zero attached hydrogens (tertiary/aromatic N) is 1. The van der Waals surface area contributed by atoms with Crippen molar-refractivity contribution in [1.29, 1.82) is 0 Å². The first-order valence-corrected chi connectivity index (χ1v) is 10.8. The van der Waals surface area contributed by atoms with Crippen molar-refractivity contribution >= 4 is 29.6 Å². The number of rotatable bonds is 9. The first-order chi connectivity index (χ1) is 16.9. The third kappa shape index (κ3) is 8.01. The Hall–Kier alpha value is -4.66. The second-order valence-electron chi connectivity index (χ2n) is 7.47. The second-order valence-corrected chi connectivity index (χ2v) is 7.47. The number of hydrazone groups is 1. The van der Waals surface area contributed by atoms with Gasteiger partial charge < -0.3 is 20.1 Å². The van der Waals surface area contributed by atoms with Crippen LogP contribution in [-0.4, -0.2) is 37.7 Å². The number of para-hydroxylation sites is 1. The van der Waals surface area contributed by atoms with Gasteiger partial charge in [-0.2, -0.15) is 5.10 Å². The molecule has 0 spiro atoms. The largest absolute Gasteiger partial charge is 0.497 e. The molecular weight excluding hydrogens is 448 g/mol. The maximum atomic E-state index is 12.2. The van der Waals surface area contributed by atoms with Crippen molar-refractivity contribution in [2.75, 3.05) is 19.0 Å². The van der Waals surface area contributed by atoms with Crippen molar-refractivity contribution in [3.05, 3.63) is 89.5 Å². The summed E-state index contributed by atoms with van der Waals surface area (Å²) in [6, 6.07) is 21.4. The molecule has 0 aliphatic carbocycles. The molecule has 0 aliphatic heterocycles. The van der Waals surface area contributed by atoms with E-state index in [1.165, 1.54) is 6.21 Å². The molecule has 0 unspecified atom stereocenters. The molecule has 3 N–H and O–H groups in total. The van der Waals surface area contributed by atoms with Crippen molar-refractivity contribution in [3.63, 3.8) is 0 Å². The van der Waals surface area contributed by atoms with Crippen LogP contribution in [-0.2, 0) is 20.9 Å². The van der Waals surface area contributed by atoms with Crippen LogP contribution < -0.4 is 25.5 Å². The van der Waals surface area contributed by atoms with Crippen molar-refractivity contribution in [2.24, 2.45) is 5.10 Å². The van der Waals surface area contributed by atoms with Crippen LogP contribution in [0.4, 0.5) is 5.69 Å².